The lowest BCUT2D eigenvalue weighted by atomic mass is 9.98. The van der Waals surface area contributed by atoms with E-state index in [-0.39, 0.29) is 0 Å². The zero-order chi connectivity index (χ0) is 13.1. The van der Waals surface area contributed by atoms with Crippen molar-refractivity contribution in [3.05, 3.63) is 42.2 Å². The summed E-state index contributed by atoms with van der Waals surface area (Å²) in [7, 11) is 0. The van der Waals surface area contributed by atoms with Crippen LogP contribution in [-0.4, -0.2) is 22.9 Å². The predicted octanol–water partition coefficient (Wildman–Crippen LogP) is 2.86. The molecule has 0 bridgehead atoms. The summed E-state index contributed by atoms with van der Waals surface area (Å²) < 4.78 is 2.13. The van der Waals surface area contributed by atoms with E-state index in [1.807, 2.05) is 0 Å². The van der Waals surface area contributed by atoms with E-state index in [2.05, 4.69) is 58.5 Å². The summed E-state index contributed by atoms with van der Waals surface area (Å²) in [6, 6.07) is 10.5. The van der Waals surface area contributed by atoms with Gasteiger partial charge in [0.25, 0.3) is 0 Å². The Morgan fingerprint density at radius 2 is 1.95 bits per heavy atom. The van der Waals surface area contributed by atoms with Gasteiger partial charge in [-0.05, 0) is 44.3 Å². The Bertz CT molecular complexity index is 524. The maximum atomic E-state index is 4.68. The molecule has 3 heteroatoms. The molecule has 1 aromatic heterocycles. The third-order valence-electron chi connectivity index (χ3n) is 3.94. The first kappa shape index (κ1) is 12.4. The molecule has 0 saturated carbocycles. The quantitative estimate of drug-likeness (QED) is 0.914. The average Bonchev–Trinajstić information content (AvgIpc) is 2.82. The first-order valence-electron chi connectivity index (χ1n) is 7.13. The van der Waals surface area contributed by atoms with Crippen LogP contribution in [0.1, 0.15) is 18.5 Å². The van der Waals surface area contributed by atoms with Gasteiger partial charge in [-0.3, -0.25) is 4.68 Å². The lowest BCUT2D eigenvalue weighted by Crippen LogP contribution is -2.30. The van der Waals surface area contributed by atoms with E-state index < -0.39 is 0 Å². The van der Waals surface area contributed by atoms with E-state index >= 15 is 0 Å². The molecule has 0 atom stereocenters. The summed E-state index contributed by atoms with van der Waals surface area (Å²) in [4.78, 5) is 0. The highest BCUT2D eigenvalue weighted by molar-refractivity contribution is 5.64. The SMILES string of the molecule is Cc1nn(CC2CCNCC2)cc1-c1ccccc1. The second-order valence-corrected chi connectivity index (χ2v) is 5.41. The van der Waals surface area contributed by atoms with Crippen molar-refractivity contribution >= 4 is 0 Å². The molecule has 0 aliphatic carbocycles. The zero-order valence-electron chi connectivity index (χ0n) is 11.5. The van der Waals surface area contributed by atoms with Crippen LogP contribution >= 0.6 is 0 Å². The van der Waals surface area contributed by atoms with Crippen LogP contribution in [0.2, 0.25) is 0 Å². The van der Waals surface area contributed by atoms with Crippen molar-refractivity contribution in [1.82, 2.24) is 15.1 Å². The summed E-state index contributed by atoms with van der Waals surface area (Å²) in [6.45, 7) is 5.45. The summed E-state index contributed by atoms with van der Waals surface area (Å²) in [6.07, 6.45) is 4.73. The van der Waals surface area contributed by atoms with E-state index in [1.54, 1.807) is 0 Å². The highest BCUT2D eigenvalue weighted by atomic mass is 15.3. The average molecular weight is 255 g/mol. The molecule has 3 rings (SSSR count). The summed E-state index contributed by atoms with van der Waals surface area (Å²) in [5.41, 5.74) is 3.64. The maximum absolute atomic E-state index is 4.68. The molecule has 1 aromatic carbocycles. The molecule has 100 valence electrons. The lowest BCUT2D eigenvalue weighted by molar-refractivity contribution is 0.321. The van der Waals surface area contributed by atoms with Gasteiger partial charge < -0.3 is 5.32 Å². The monoisotopic (exact) mass is 255 g/mol. The number of nitrogens with one attached hydrogen (secondary N) is 1. The third-order valence-corrected chi connectivity index (χ3v) is 3.94. The molecular weight excluding hydrogens is 234 g/mol. The van der Waals surface area contributed by atoms with Gasteiger partial charge >= 0.3 is 0 Å². The van der Waals surface area contributed by atoms with Crippen LogP contribution in [0.5, 0.6) is 0 Å². The minimum Gasteiger partial charge on any atom is -0.317 e. The molecule has 1 aliphatic heterocycles. The van der Waals surface area contributed by atoms with Gasteiger partial charge in [0.15, 0.2) is 0 Å². The van der Waals surface area contributed by atoms with Crippen LogP contribution in [-0.2, 0) is 6.54 Å². The molecule has 1 fully saturated rings. The van der Waals surface area contributed by atoms with Crippen molar-refractivity contribution in [3.8, 4) is 11.1 Å². The molecule has 19 heavy (non-hydrogen) atoms. The highest BCUT2D eigenvalue weighted by Crippen LogP contribution is 2.23. The minimum absolute atomic E-state index is 0.768. The second kappa shape index (κ2) is 5.57. The maximum Gasteiger partial charge on any atom is 0.0672 e. The molecule has 0 unspecified atom stereocenters. The van der Waals surface area contributed by atoms with E-state index in [0.717, 1.165) is 31.2 Å². The summed E-state index contributed by atoms with van der Waals surface area (Å²) >= 11 is 0. The number of hydrogen-bond donors (Lipinski definition) is 1. The molecule has 3 nitrogen and oxygen atoms in total. The molecular formula is C16H21N3. The van der Waals surface area contributed by atoms with Crippen LogP contribution in [0.4, 0.5) is 0 Å². The van der Waals surface area contributed by atoms with Crippen molar-refractivity contribution < 1.29 is 0 Å². The van der Waals surface area contributed by atoms with Crippen LogP contribution < -0.4 is 5.32 Å². The summed E-state index contributed by atoms with van der Waals surface area (Å²) in [5.74, 6) is 0.768. The normalized spacial score (nSPS) is 16.7. The number of hydrogen-bond acceptors (Lipinski definition) is 2. The number of rotatable bonds is 3. The number of nitrogens with zero attached hydrogens (tertiary/aromatic N) is 2. The topological polar surface area (TPSA) is 29.9 Å². The van der Waals surface area contributed by atoms with Crippen molar-refractivity contribution in [1.29, 1.82) is 0 Å². The first-order valence-corrected chi connectivity index (χ1v) is 7.13. The fraction of sp³-hybridized carbons (Fsp3) is 0.438. The van der Waals surface area contributed by atoms with Gasteiger partial charge in [0, 0.05) is 18.3 Å². The number of piperidine rings is 1. The number of aryl methyl sites for hydroxylation is 1. The second-order valence-electron chi connectivity index (χ2n) is 5.41. The number of benzene rings is 1. The van der Waals surface area contributed by atoms with Gasteiger partial charge in [0.05, 0.1) is 5.69 Å². The fourth-order valence-electron chi connectivity index (χ4n) is 2.84. The lowest BCUT2D eigenvalue weighted by Gasteiger charge is -2.22. The molecule has 1 saturated heterocycles. The Morgan fingerprint density at radius 1 is 1.21 bits per heavy atom. The highest BCUT2D eigenvalue weighted by Gasteiger charge is 2.15. The van der Waals surface area contributed by atoms with Crippen molar-refractivity contribution in [2.24, 2.45) is 5.92 Å². The Kier molecular flexibility index (Phi) is 3.65. The van der Waals surface area contributed by atoms with Crippen LogP contribution in [0, 0.1) is 12.8 Å². The molecule has 0 radical (unpaired) electrons. The smallest absolute Gasteiger partial charge is 0.0672 e. The third kappa shape index (κ3) is 2.87. The van der Waals surface area contributed by atoms with Gasteiger partial charge in [0.1, 0.15) is 0 Å². The van der Waals surface area contributed by atoms with Gasteiger partial charge in [-0.1, -0.05) is 30.3 Å². The fourth-order valence-corrected chi connectivity index (χ4v) is 2.84. The molecule has 0 spiro atoms. The Hall–Kier alpha value is -1.61. The Labute approximate surface area is 114 Å². The van der Waals surface area contributed by atoms with Gasteiger partial charge in [0.2, 0.25) is 0 Å². The van der Waals surface area contributed by atoms with E-state index in [0.29, 0.717) is 0 Å². The van der Waals surface area contributed by atoms with E-state index in [1.165, 1.54) is 24.0 Å². The van der Waals surface area contributed by atoms with Gasteiger partial charge in [-0.25, -0.2) is 0 Å². The number of aromatic nitrogens is 2. The largest absolute Gasteiger partial charge is 0.317 e. The van der Waals surface area contributed by atoms with Crippen LogP contribution in [0.15, 0.2) is 36.5 Å². The first-order chi connectivity index (χ1) is 9.33. The minimum atomic E-state index is 0.768. The van der Waals surface area contributed by atoms with Crippen molar-refractivity contribution in [2.45, 2.75) is 26.3 Å². The van der Waals surface area contributed by atoms with Gasteiger partial charge in [-0.15, -0.1) is 0 Å². The van der Waals surface area contributed by atoms with Crippen molar-refractivity contribution in [2.75, 3.05) is 13.1 Å². The Balaban J connectivity index is 1.77. The summed E-state index contributed by atoms with van der Waals surface area (Å²) in [5, 5.41) is 8.09. The molecule has 1 N–H and O–H groups in total. The molecule has 1 aliphatic rings. The molecule has 0 amide bonds. The Morgan fingerprint density at radius 3 is 2.68 bits per heavy atom. The zero-order valence-corrected chi connectivity index (χ0v) is 11.5. The molecule has 2 aromatic rings. The van der Waals surface area contributed by atoms with Crippen molar-refractivity contribution in [3.63, 3.8) is 0 Å². The predicted molar refractivity (Wildman–Crippen MR) is 78.0 cm³/mol. The van der Waals surface area contributed by atoms with E-state index in [4.69, 9.17) is 0 Å². The van der Waals surface area contributed by atoms with Crippen LogP contribution in [0.3, 0.4) is 0 Å². The van der Waals surface area contributed by atoms with Gasteiger partial charge in [-0.2, -0.15) is 5.10 Å². The molecule has 2 heterocycles. The standard InChI is InChI=1S/C16H21N3/c1-13-16(15-5-3-2-4-6-15)12-19(18-13)11-14-7-9-17-10-8-14/h2-6,12,14,17H,7-11H2,1H3. The van der Waals surface area contributed by atoms with E-state index in [9.17, 15) is 0 Å². The van der Waals surface area contributed by atoms with Crippen LogP contribution in [0.25, 0.3) is 11.1 Å².